The van der Waals surface area contributed by atoms with E-state index in [4.69, 9.17) is 0 Å². The van der Waals surface area contributed by atoms with E-state index < -0.39 is 4.87 Å². The van der Waals surface area contributed by atoms with Gasteiger partial charge in [-0.15, -0.1) is 11.8 Å². The molecule has 1 saturated heterocycles. The molecule has 1 N–H and O–H groups in total. The summed E-state index contributed by atoms with van der Waals surface area (Å²) in [6, 6.07) is 21.1. The Labute approximate surface area is 190 Å². The van der Waals surface area contributed by atoms with Gasteiger partial charge < -0.3 is 10.2 Å². The minimum Gasteiger partial charge on any atom is -0.308 e. The van der Waals surface area contributed by atoms with Crippen LogP contribution in [0.5, 0.6) is 0 Å². The van der Waals surface area contributed by atoms with Gasteiger partial charge in [-0.05, 0) is 48.4 Å². The highest BCUT2D eigenvalue weighted by molar-refractivity contribution is 8.01. The molecule has 2 aliphatic rings. The second kappa shape index (κ2) is 7.98. The first-order chi connectivity index (χ1) is 15.5. The highest BCUT2D eigenvalue weighted by Gasteiger charge is 2.59. The highest BCUT2D eigenvalue weighted by atomic mass is 32.2. The molecule has 0 aliphatic carbocycles. The third-order valence-electron chi connectivity index (χ3n) is 5.85. The number of halogens is 1. The monoisotopic (exact) mass is 447 g/mol. The number of aryl methyl sites for hydroxylation is 1. The number of hydrogen-bond acceptors (Lipinski definition) is 3. The second-order valence-corrected chi connectivity index (χ2v) is 9.27. The fourth-order valence-corrected chi connectivity index (χ4v) is 5.92. The van der Waals surface area contributed by atoms with Crippen LogP contribution in [-0.4, -0.2) is 29.1 Å². The van der Waals surface area contributed by atoms with Gasteiger partial charge in [0.1, 0.15) is 5.82 Å². The summed E-state index contributed by atoms with van der Waals surface area (Å²) < 4.78 is 13.8. The summed E-state index contributed by atoms with van der Waals surface area (Å²) in [5.74, 6) is 0.131. The number of carbonyl (C=O) groups excluding carboxylic acids is 2. The molecule has 1 atom stereocenters. The van der Waals surface area contributed by atoms with Gasteiger partial charge >= 0.3 is 6.03 Å². The maximum Gasteiger partial charge on any atom is 0.323 e. The third kappa shape index (κ3) is 3.33. The molecule has 2 heterocycles. The van der Waals surface area contributed by atoms with Gasteiger partial charge in [-0.3, -0.25) is 9.69 Å². The lowest BCUT2D eigenvalue weighted by atomic mass is 10.1. The van der Waals surface area contributed by atoms with E-state index in [0.717, 1.165) is 16.8 Å². The number of nitrogens with zero attached hydrogens (tertiary/aromatic N) is 2. The van der Waals surface area contributed by atoms with E-state index in [0.29, 0.717) is 23.5 Å². The molecule has 162 valence electrons. The Bertz CT molecular complexity index is 1220. The number of fused-ring (bicyclic) bond motifs is 2. The zero-order valence-electron chi connectivity index (χ0n) is 17.5. The van der Waals surface area contributed by atoms with E-state index in [1.165, 1.54) is 23.9 Å². The fraction of sp³-hybridized carbons (Fsp3) is 0.200. The lowest BCUT2D eigenvalue weighted by molar-refractivity contribution is -0.123. The van der Waals surface area contributed by atoms with Crippen LogP contribution in [0.2, 0.25) is 0 Å². The smallest absolute Gasteiger partial charge is 0.308 e. The van der Waals surface area contributed by atoms with E-state index in [-0.39, 0.29) is 24.3 Å². The quantitative estimate of drug-likeness (QED) is 0.607. The average molecular weight is 448 g/mol. The standard InChI is InChI=1S/C25H22FN3O2S/c1-17-6-4-9-20(14-17)27-24(31)29-12-13-32-25(29)21-10-2-3-11-22(21)28(23(25)30)16-18-7-5-8-19(26)15-18/h2-11,14-15H,12-13,16H2,1H3,(H,27,31)/t25-/m0/s1. The Balaban J connectivity index is 1.51. The summed E-state index contributed by atoms with van der Waals surface area (Å²) >= 11 is 1.47. The van der Waals surface area contributed by atoms with Crippen LogP contribution in [0.4, 0.5) is 20.6 Å². The first-order valence-corrected chi connectivity index (χ1v) is 11.4. The molecule has 2 aliphatic heterocycles. The molecule has 1 spiro atoms. The zero-order chi connectivity index (χ0) is 22.3. The van der Waals surface area contributed by atoms with Crippen LogP contribution in [0.25, 0.3) is 0 Å². The minimum absolute atomic E-state index is 0.176. The van der Waals surface area contributed by atoms with Crippen molar-refractivity contribution >= 4 is 35.1 Å². The number of urea groups is 1. The summed E-state index contributed by atoms with van der Waals surface area (Å²) in [5.41, 5.74) is 3.98. The van der Waals surface area contributed by atoms with Gasteiger partial charge in [-0.2, -0.15) is 0 Å². The molecular weight excluding hydrogens is 425 g/mol. The number of carbonyl (C=O) groups is 2. The number of amides is 3. The van der Waals surface area contributed by atoms with Crippen molar-refractivity contribution in [1.29, 1.82) is 0 Å². The van der Waals surface area contributed by atoms with Gasteiger partial charge in [0.15, 0.2) is 4.87 Å². The molecule has 0 bridgehead atoms. The van der Waals surface area contributed by atoms with Crippen LogP contribution in [0, 0.1) is 12.7 Å². The third-order valence-corrected chi connectivity index (χ3v) is 7.26. The maximum atomic E-state index is 13.9. The van der Waals surface area contributed by atoms with Crippen molar-refractivity contribution in [2.45, 2.75) is 18.3 Å². The van der Waals surface area contributed by atoms with Crippen molar-refractivity contribution in [3.8, 4) is 0 Å². The first kappa shape index (κ1) is 20.6. The van der Waals surface area contributed by atoms with Gasteiger partial charge in [-0.25, -0.2) is 9.18 Å². The number of rotatable bonds is 3. The van der Waals surface area contributed by atoms with E-state index >= 15 is 0 Å². The van der Waals surface area contributed by atoms with Gasteiger partial charge in [0.05, 0.1) is 12.2 Å². The van der Waals surface area contributed by atoms with Crippen molar-refractivity contribution in [2.24, 2.45) is 0 Å². The SMILES string of the molecule is Cc1cccc(NC(=O)N2CCS[C@@]23C(=O)N(Cc2cccc(F)c2)c2ccccc23)c1. The molecule has 5 rings (SSSR count). The van der Waals surface area contributed by atoms with Crippen molar-refractivity contribution in [3.05, 3.63) is 95.3 Å². The first-order valence-electron chi connectivity index (χ1n) is 10.4. The highest BCUT2D eigenvalue weighted by Crippen LogP contribution is 2.54. The molecule has 32 heavy (non-hydrogen) atoms. The van der Waals surface area contributed by atoms with E-state index in [1.807, 2.05) is 55.5 Å². The number of benzene rings is 3. The number of nitrogens with one attached hydrogen (secondary N) is 1. The van der Waals surface area contributed by atoms with Crippen molar-refractivity contribution in [2.75, 3.05) is 22.5 Å². The Morgan fingerprint density at radius 2 is 1.91 bits per heavy atom. The van der Waals surface area contributed by atoms with Crippen molar-refractivity contribution in [1.82, 2.24) is 4.90 Å². The van der Waals surface area contributed by atoms with Gasteiger partial charge in [0, 0.05) is 23.5 Å². The van der Waals surface area contributed by atoms with Crippen LogP contribution >= 0.6 is 11.8 Å². The Kier molecular flexibility index (Phi) is 5.13. The predicted octanol–water partition coefficient (Wildman–Crippen LogP) is 5.11. The summed E-state index contributed by atoms with van der Waals surface area (Å²) in [4.78, 5) is 29.4. The van der Waals surface area contributed by atoms with Gasteiger partial charge in [0.2, 0.25) is 0 Å². The number of hydrogen-bond donors (Lipinski definition) is 1. The molecule has 5 nitrogen and oxygen atoms in total. The molecular formula is C25H22FN3O2S. The van der Waals surface area contributed by atoms with E-state index in [2.05, 4.69) is 5.32 Å². The molecule has 7 heteroatoms. The summed E-state index contributed by atoms with van der Waals surface area (Å²) in [6.07, 6.45) is 0. The summed E-state index contributed by atoms with van der Waals surface area (Å²) in [7, 11) is 0. The van der Waals surface area contributed by atoms with Crippen LogP contribution in [0.1, 0.15) is 16.7 Å². The molecule has 1 fully saturated rings. The number of anilines is 2. The number of para-hydroxylation sites is 1. The van der Waals surface area contributed by atoms with E-state index in [1.54, 1.807) is 21.9 Å². The average Bonchev–Trinajstić information content (AvgIpc) is 3.31. The summed E-state index contributed by atoms with van der Waals surface area (Å²) in [6.45, 7) is 2.66. The zero-order valence-corrected chi connectivity index (χ0v) is 18.4. The van der Waals surface area contributed by atoms with Crippen LogP contribution < -0.4 is 10.2 Å². The second-order valence-electron chi connectivity index (χ2n) is 7.98. The summed E-state index contributed by atoms with van der Waals surface area (Å²) in [5, 5.41) is 2.95. The van der Waals surface area contributed by atoms with Crippen molar-refractivity contribution in [3.63, 3.8) is 0 Å². The van der Waals surface area contributed by atoms with Crippen LogP contribution in [0.15, 0.2) is 72.8 Å². The minimum atomic E-state index is -1.13. The fourth-order valence-electron chi connectivity index (χ4n) is 4.46. The molecule has 3 amide bonds. The van der Waals surface area contributed by atoms with E-state index in [9.17, 15) is 14.0 Å². The van der Waals surface area contributed by atoms with Crippen LogP contribution in [0.3, 0.4) is 0 Å². The Morgan fingerprint density at radius 3 is 2.72 bits per heavy atom. The molecule has 3 aromatic rings. The molecule has 0 aromatic heterocycles. The Hall–Kier alpha value is -3.32. The molecule has 0 saturated carbocycles. The number of thioether (sulfide) groups is 1. The van der Waals surface area contributed by atoms with Crippen LogP contribution in [-0.2, 0) is 16.2 Å². The van der Waals surface area contributed by atoms with Gasteiger partial charge in [-0.1, -0.05) is 42.5 Å². The lowest BCUT2D eigenvalue weighted by Crippen LogP contribution is -2.51. The normalized spacial score (nSPS) is 19.5. The Morgan fingerprint density at radius 1 is 1.09 bits per heavy atom. The predicted molar refractivity (Wildman–Crippen MR) is 125 cm³/mol. The van der Waals surface area contributed by atoms with Gasteiger partial charge in [0.25, 0.3) is 5.91 Å². The lowest BCUT2D eigenvalue weighted by Gasteiger charge is -2.33. The molecule has 0 radical (unpaired) electrons. The topological polar surface area (TPSA) is 52.7 Å². The maximum absolute atomic E-state index is 13.9. The largest absolute Gasteiger partial charge is 0.323 e. The molecule has 3 aromatic carbocycles. The molecule has 0 unspecified atom stereocenters. The van der Waals surface area contributed by atoms with Crippen molar-refractivity contribution < 1.29 is 14.0 Å².